The zero-order valence-corrected chi connectivity index (χ0v) is 12.6. The molecule has 0 saturated heterocycles. The van der Waals surface area contributed by atoms with Crippen LogP contribution < -0.4 is 5.32 Å². The van der Waals surface area contributed by atoms with Gasteiger partial charge in [0.15, 0.2) is 0 Å². The highest BCUT2D eigenvalue weighted by atomic mass is 79.9. The summed E-state index contributed by atoms with van der Waals surface area (Å²) in [6, 6.07) is 19.9. The third-order valence-electron chi connectivity index (χ3n) is 3.04. The van der Waals surface area contributed by atoms with E-state index in [1.807, 2.05) is 36.4 Å². The van der Waals surface area contributed by atoms with Crippen LogP contribution in [0.4, 0.5) is 15.9 Å². The van der Waals surface area contributed by atoms with Gasteiger partial charge in [-0.05, 0) is 52.3 Å². The second-order valence-corrected chi connectivity index (χ2v) is 5.35. The van der Waals surface area contributed by atoms with Crippen molar-refractivity contribution in [1.29, 1.82) is 0 Å². The lowest BCUT2D eigenvalue weighted by Crippen LogP contribution is -1.96. The van der Waals surface area contributed by atoms with Gasteiger partial charge in [0.25, 0.3) is 0 Å². The Balaban J connectivity index is 1.94. The first-order chi connectivity index (χ1) is 10.2. The smallest absolute Gasteiger partial charge is 0.132 e. The maximum absolute atomic E-state index is 13.8. The molecule has 0 aliphatic heterocycles. The summed E-state index contributed by atoms with van der Waals surface area (Å²) in [7, 11) is 0. The van der Waals surface area contributed by atoms with E-state index in [9.17, 15) is 4.39 Å². The highest BCUT2D eigenvalue weighted by molar-refractivity contribution is 9.10. The molecule has 0 bridgehead atoms. The Morgan fingerprint density at radius 2 is 1.62 bits per heavy atom. The van der Waals surface area contributed by atoms with Gasteiger partial charge in [-0.3, -0.25) is 0 Å². The number of anilines is 2. The summed E-state index contributed by atoms with van der Waals surface area (Å²) in [5.41, 5.74) is 2.01. The van der Waals surface area contributed by atoms with Crippen LogP contribution in [0.5, 0.6) is 0 Å². The van der Waals surface area contributed by atoms with Gasteiger partial charge in [0.2, 0.25) is 0 Å². The van der Waals surface area contributed by atoms with Gasteiger partial charge < -0.3 is 5.32 Å². The van der Waals surface area contributed by atoms with Crippen molar-refractivity contribution in [1.82, 2.24) is 4.98 Å². The Labute approximate surface area is 130 Å². The van der Waals surface area contributed by atoms with Crippen molar-refractivity contribution in [2.24, 2.45) is 0 Å². The van der Waals surface area contributed by atoms with E-state index in [4.69, 9.17) is 0 Å². The van der Waals surface area contributed by atoms with Crippen LogP contribution in [0.1, 0.15) is 0 Å². The summed E-state index contributed by atoms with van der Waals surface area (Å²) in [6.07, 6.45) is 0. The topological polar surface area (TPSA) is 24.9 Å². The normalized spacial score (nSPS) is 10.4. The Morgan fingerprint density at radius 3 is 2.43 bits per heavy atom. The number of aromatic nitrogens is 1. The van der Waals surface area contributed by atoms with Crippen molar-refractivity contribution in [3.8, 4) is 11.3 Å². The quantitative estimate of drug-likeness (QED) is 0.689. The number of benzene rings is 2. The summed E-state index contributed by atoms with van der Waals surface area (Å²) in [5, 5.41) is 3.22. The Kier molecular flexibility index (Phi) is 3.97. The number of pyridine rings is 1. The highest BCUT2D eigenvalue weighted by Crippen LogP contribution is 2.26. The molecular formula is C17H12BrFN2. The van der Waals surface area contributed by atoms with Crippen molar-refractivity contribution < 1.29 is 4.39 Å². The average molecular weight is 343 g/mol. The minimum Gasteiger partial charge on any atom is -0.339 e. The summed E-state index contributed by atoms with van der Waals surface area (Å²) in [6.45, 7) is 0. The SMILES string of the molecule is Fc1ccccc1-c1cccc(Nc2ccccc2Br)n1. The van der Waals surface area contributed by atoms with Gasteiger partial charge in [-0.25, -0.2) is 9.37 Å². The van der Waals surface area contributed by atoms with E-state index in [2.05, 4.69) is 26.2 Å². The van der Waals surface area contributed by atoms with Crippen LogP contribution in [-0.2, 0) is 0 Å². The molecule has 0 aliphatic carbocycles. The molecule has 104 valence electrons. The molecule has 2 nitrogen and oxygen atoms in total. The second kappa shape index (κ2) is 6.06. The van der Waals surface area contributed by atoms with Crippen molar-refractivity contribution in [2.75, 3.05) is 5.32 Å². The maximum Gasteiger partial charge on any atom is 0.132 e. The number of para-hydroxylation sites is 1. The van der Waals surface area contributed by atoms with Crippen molar-refractivity contribution in [3.05, 3.63) is 77.0 Å². The third kappa shape index (κ3) is 3.11. The van der Waals surface area contributed by atoms with Crippen molar-refractivity contribution >= 4 is 27.4 Å². The fourth-order valence-electron chi connectivity index (χ4n) is 2.02. The number of halogens is 2. The molecule has 3 aromatic rings. The van der Waals surface area contributed by atoms with E-state index in [-0.39, 0.29) is 5.82 Å². The Morgan fingerprint density at radius 1 is 0.857 bits per heavy atom. The monoisotopic (exact) mass is 342 g/mol. The number of nitrogens with one attached hydrogen (secondary N) is 1. The molecule has 1 N–H and O–H groups in total. The number of nitrogens with zero attached hydrogens (tertiary/aromatic N) is 1. The molecule has 0 saturated carbocycles. The standard InChI is InChI=1S/C17H12BrFN2/c18-13-7-2-4-9-16(13)21-17-11-5-10-15(20-17)12-6-1-3-8-14(12)19/h1-11H,(H,20,21). The molecule has 0 aliphatic rings. The maximum atomic E-state index is 13.8. The molecule has 3 rings (SSSR count). The van der Waals surface area contributed by atoms with E-state index < -0.39 is 0 Å². The zero-order valence-electron chi connectivity index (χ0n) is 11.1. The van der Waals surface area contributed by atoms with Crippen LogP contribution in [0.15, 0.2) is 71.2 Å². The zero-order chi connectivity index (χ0) is 14.7. The van der Waals surface area contributed by atoms with E-state index in [0.717, 1.165) is 10.2 Å². The molecule has 1 heterocycles. The van der Waals surface area contributed by atoms with Gasteiger partial charge in [0.05, 0.1) is 11.4 Å². The summed E-state index contributed by atoms with van der Waals surface area (Å²) in [5.74, 6) is 0.394. The Hall–Kier alpha value is -2.20. The summed E-state index contributed by atoms with van der Waals surface area (Å²) in [4.78, 5) is 4.47. The number of rotatable bonds is 3. The van der Waals surface area contributed by atoms with Crippen LogP contribution in [0.25, 0.3) is 11.3 Å². The van der Waals surface area contributed by atoms with Gasteiger partial charge in [-0.1, -0.05) is 30.3 Å². The van der Waals surface area contributed by atoms with Gasteiger partial charge in [0.1, 0.15) is 11.6 Å². The molecule has 21 heavy (non-hydrogen) atoms. The predicted molar refractivity (Wildman–Crippen MR) is 87.1 cm³/mol. The van der Waals surface area contributed by atoms with Crippen LogP contribution in [0.2, 0.25) is 0 Å². The summed E-state index contributed by atoms with van der Waals surface area (Å²) >= 11 is 3.48. The number of hydrogen-bond acceptors (Lipinski definition) is 2. The average Bonchev–Trinajstić information content (AvgIpc) is 2.50. The lowest BCUT2D eigenvalue weighted by atomic mass is 10.1. The minimum atomic E-state index is -0.275. The molecule has 4 heteroatoms. The van der Waals surface area contributed by atoms with Gasteiger partial charge in [-0.15, -0.1) is 0 Å². The first-order valence-corrected chi connectivity index (χ1v) is 7.27. The van der Waals surface area contributed by atoms with Crippen LogP contribution in [-0.4, -0.2) is 4.98 Å². The van der Waals surface area contributed by atoms with Gasteiger partial charge in [0, 0.05) is 10.0 Å². The van der Waals surface area contributed by atoms with E-state index in [0.29, 0.717) is 17.1 Å². The second-order valence-electron chi connectivity index (χ2n) is 4.49. The summed E-state index contributed by atoms with van der Waals surface area (Å²) < 4.78 is 14.8. The van der Waals surface area contributed by atoms with Gasteiger partial charge in [-0.2, -0.15) is 0 Å². The first-order valence-electron chi connectivity index (χ1n) is 6.47. The molecule has 0 unspecified atom stereocenters. The largest absolute Gasteiger partial charge is 0.339 e. The lowest BCUT2D eigenvalue weighted by Gasteiger charge is -2.09. The fourth-order valence-corrected chi connectivity index (χ4v) is 2.41. The number of hydrogen-bond donors (Lipinski definition) is 1. The molecule has 0 radical (unpaired) electrons. The molecule has 2 aromatic carbocycles. The molecule has 0 fully saturated rings. The molecule has 0 spiro atoms. The van der Waals surface area contributed by atoms with Crippen molar-refractivity contribution in [3.63, 3.8) is 0 Å². The Bertz CT molecular complexity index is 774. The predicted octanol–water partition coefficient (Wildman–Crippen LogP) is 5.39. The fraction of sp³-hybridized carbons (Fsp3) is 0. The molecule has 1 aromatic heterocycles. The van der Waals surface area contributed by atoms with Crippen LogP contribution in [0.3, 0.4) is 0 Å². The highest BCUT2D eigenvalue weighted by Gasteiger charge is 2.07. The van der Waals surface area contributed by atoms with E-state index >= 15 is 0 Å². The van der Waals surface area contributed by atoms with E-state index in [1.54, 1.807) is 24.3 Å². The van der Waals surface area contributed by atoms with E-state index in [1.165, 1.54) is 6.07 Å². The van der Waals surface area contributed by atoms with Crippen LogP contribution >= 0.6 is 15.9 Å². The molecular weight excluding hydrogens is 331 g/mol. The molecule has 0 atom stereocenters. The lowest BCUT2D eigenvalue weighted by molar-refractivity contribution is 0.631. The third-order valence-corrected chi connectivity index (χ3v) is 3.73. The first kappa shape index (κ1) is 13.8. The van der Waals surface area contributed by atoms with Crippen LogP contribution in [0, 0.1) is 5.82 Å². The minimum absolute atomic E-state index is 0.275. The van der Waals surface area contributed by atoms with Gasteiger partial charge >= 0.3 is 0 Å². The molecule has 0 amide bonds. The van der Waals surface area contributed by atoms with Crippen molar-refractivity contribution in [2.45, 2.75) is 0 Å².